The molecule has 164 valence electrons. The third kappa shape index (κ3) is 8.52. The Morgan fingerprint density at radius 3 is 2.74 bits per heavy atom. The summed E-state index contributed by atoms with van der Waals surface area (Å²) in [6.07, 6.45) is 4.28. The van der Waals surface area contributed by atoms with E-state index >= 15 is 0 Å². The normalized spacial score (nSPS) is 11.3. The number of ether oxygens (including phenoxy) is 2. The smallest absolute Gasteiger partial charge is 0.213 e. The van der Waals surface area contributed by atoms with E-state index in [1.807, 2.05) is 61.5 Å². The largest absolute Gasteiger partial charge is 0.473 e. The molecule has 0 radical (unpaired) electrons. The molecule has 0 atom stereocenters. The zero-order chi connectivity index (χ0) is 21.6. The first-order valence-corrected chi connectivity index (χ1v) is 10.6. The van der Waals surface area contributed by atoms with Crippen LogP contribution in [0.25, 0.3) is 0 Å². The number of aliphatic imine (C=N–C) groups is 1. The van der Waals surface area contributed by atoms with Crippen LogP contribution in [0.2, 0.25) is 0 Å². The van der Waals surface area contributed by atoms with E-state index in [4.69, 9.17) is 13.9 Å². The van der Waals surface area contributed by atoms with Crippen LogP contribution in [-0.4, -0.2) is 30.6 Å². The van der Waals surface area contributed by atoms with E-state index in [0.29, 0.717) is 32.2 Å². The van der Waals surface area contributed by atoms with Gasteiger partial charge in [-0.05, 0) is 42.7 Å². The van der Waals surface area contributed by atoms with Gasteiger partial charge in [-0.3, -0.25) is 0 Å². The van der Waals surface area contributed by atoms with E-state index in [2.05, 4.69) is 20.6 Å². The van der Waals surface area contributed by atoms with Gasteiger partial charge in [0.25, 0.3) is 0 Å². The third-order valence-electron chi connectivity index (χ3n) is 4.38. The van der Waals surface area contributed by atoms with Crippen molar-refractivity contribution < 1.29 is 13.9 Å². The van der Waals surface area contributed by atoms with E-state index in [0.717, 1.165) is 42.4 Å². The Labute approximate surface area is 183 Å². The van der Waals surface area contributed by atoms with Crippen LogP contribution in [-0.2, 0) is 24.5 Å². The number of benzene rings is 1. The Morgan fingerprint density at radius 2 is 1.94 bits per heavy atom. The molecule has 7 heteroatoms. The van der Waals surface area contributed by atoms with Crippen molar-refractivity contribution in [2.24, 2.45) is 4.99 Å². The van der Waals surface area contributed by atoms with Crippen molar-refractivity contribution in [2.75, 3.05) is 19.7 Å². The average Bonchev–Trinajstić information content (AvgIpc) is 3.33. The number of hydrogen-bond donors (Lipinski definition) is 2. The lowest BCUT2D eigenvalue weighted by molar-refractivity contribution is 0.105. The first-order chi connectivity index (χ1) is 15.3. The second-order valence-corrected chi connectivity index (χ2v) is 6.88. The molecule has 0 aliphatic heterocycles. The van der Waals surface area contributed by atoms with Gasteiger partial charge in [-0.2, -0.15) is 0 Å². The fourth-order valence-corrected chi connectivity index (χ4v) is 2.82. The van der Waals surface area contributed by atoms with E-state index in [-0.39, 0.29) is 0 Å². The molecule has 0 bridgehead atoms. The number of aromatic nitrogens is 1. The molecular formula is C24H30N4O3. The molecule has 0 saturated heterocycles. The Kier molecular flexibility index (Phi) is 9.44. The van der Waals surface area contributed by atoms with E-state index in [1.165, 1.54) is 0 Å². The highest BCUT2D eigenvalue weighted by Crippen LogP contribution is 2.12. The molecule has 2 N–H and O–H groups in total. The summed E-state index contributed by atoms with van der Waals surface area (Å²) in [6.45, 7) is 5.79. The van der Waals surface area contributed by atoms with Crippen molar-refractivity contribution in [1.29, 1.82) is 0 Å². The van der Waals surface area contributed by atoms with Crippen molar-refractivity contribution in [1.82, 2.24) is 15.6 Å². The zero-order valence-electron chi connectivity index (χ0n) is 17.9. The molecule has 31 heavy (non-hydrogen) atoms. The fraction of sp³-hybridized carbons (Fsp3) is 0.333. The van der Waals surface area contributed by atoms with Crippen molar-refractivity contribution >= 4 is 5.96 Å². The van der Waals surface area contributed by atoms with Gasteiger partial charge in [0.15, 0.2) is 5.96 Å². The molecule has 0 saturated carbocycles. The minimum absolute atomic E-state index is 0.493. The Hall–Kier alpha value is -3.32. The monoisotopic (exact) mass is 422 g/mol. The molecule has 3 aromatic rings. The molecule has 0 unspecified atom stereocenters. The summed E-state index contributed by atoms with van der Waals surface area (Å²) in [5.41, 5.74) is 2.15. The highest BCUT2D eigenvalue weighted by atomic mass is 16.5. The van der Waals surface area contributed by atoms with Gasteiger partial charge in [0.2, 0.25) is 5.88 Å². The highest BCUT2D eigenvalue weighted by Gasteiger charge is 2.02. The molecule has 0 spiro atoms. The molecule has 0 fully saturated rings. The molecule has 7 nitrogen and oxygen atoms in total. The Balaban J connectivity index is 1.41. The number of furan rings is 1. The van der Waals surface area contributed by atoms with Gasteiger partial charge in [0.1, 0.15) is 19.0 Å². The van der Waals surface area contributed by atoms with Gasteiger partial charge in [0.05, 0.1) is 12.8 Å². The van der Waals surface area contributed by atoms with Crippen LogP contribution in [0, 0.1) is 0 Å². The molecular weight excluding hydrogens is 392 g/mol. The standard InChI is InChI=1S/C24H30N4O3/c1-2-25-24(27-12-7-14-29-19-22-10-6-15-30-22)28-17-21-11-13-26-23(16-21)31-18-20-8-4-3-5-9-20/h3-6,8-11,13,15-16H,2,7,12,14,17-19H2,1H3,(H2,25,27,28). The summed E-state index contributed by atoms with van der Waals surface area (Å²) >= 11 is 0. The van der Waals surface area contributed by atoms with Crippen LogP contribution in [0.4, 0.5) is 0 Å². The maximum atomic E-state index is 5.80. The minimum Gasteiger partial charge on any atom is -0.473 e. The van der Waals surface area contributed by atoms with Gasteiger partial charge in [0, 0.05) is 32.0 Å². The summed E-state index contributed by atoms with van der Waals surface area (Å²) in [7, 11) is 0. The number of guanidine groups is 1. The molecule has 0 amide bonds. The van der Waals surface area contributed by atoms with Crippen molar-refractivity contribution in [3.8, 4) is 5.88 Å². The lowest BCUT2D eigenvalue weighted by atomic mass is 10.2. The summed E-state index contributed by atoms with van der Waals surface area (Å²) in [5, 5.41) is 6.60. The van der Waals surface area contributed by atoms with E-state index < -0.39 is 0 Å². The number of hydrogen-bond acceptors (Lipinski definition) is 5. The average molecular weight is 423 g/mol. The van der Waals surface area contributed by atoms with Gasteiger partial charge in [-0.15, -0.1) is 0 Å². The topological polar surface area (TPSA) is 80.9 Å². The summed E-state index contributed by atoms with van der Waals surface area (Å²) < 4.78 is 16.7. The van der Waals surface area contributed by atoms with Gasteiger partial charge >= 0.3 is 0 Å². The SMILES string of the molecule is CCNC(=NCc1ccnc(OCc2ccccc2)c1)NCCCOCc1ccco1. The predicted octanol–water partition coefficient (Wildman–Crippen LogP) is 3.92. The number of nitrogens with zero attached hydrogens (tertiary/aromatic N) is 2. The number of rotatable bonds is 12. The first-order valence-electron chi connectivity index (χ1n) is 10.6. The molecule has 1 aromatic carbocycles. The first kappa shape index (κ1) is 22.4. The summed E-state index contributed by atoms with van der Waals surface area (Å²) in [6, 6.07) is 17.7. The number of pyridine rings is 1. The second-order valence-electron chi connectivity index (χ2n) is 6.88. The molecule has 2 aromatic heterocycles. The number of nitrogens with one attached hydrogen (secondary N) is 2. The van der Waals surface area contributed by atoms with E-state index in [9.17, 15) is 0 Å². The summed E-state index contributed by atoms with van der Waals surface area (Å²) in [5.74, 6) is 2.22. The van der Waals surface area contributed by atoms with Crippen molar-refractivity contribution in [3.63, 3.8) is 0 Å². The van der Waals surface area contributed by atoms with Crippen LogP contribution < -0.4 is 15.4 Å². The maximum Gasteiger partial charge on any atom is 0.213 e. The molecule has 0 aliphatic rings. The Morgan fingerprint density at radius 1 is 1.03 bits per heavy atom. The van der Waals surface area contributed by atoms with Gasteiger partial charge in [-0.25, -0.2) is 9.98 Å². The lowest BCUT2D eigenvalue weighted by Crippen LogP contribution is -2.38. The fourth-order valence-electron chi connectivity index (χ4n) is 2.82. The highest BCUT2D eigenvalue weighted by molar-refractivity contribution is 5.79. The van der Waals surface area contributed by atoms with Crippen molar-refractivity contribution in [3.05, 3.63) is 83.9 Å². The lowest BCUT2D eigenvalue weighted by Gasteiger charge is -2.11. The minimum atomic E-state index is 0.493. The quantitative estimate of drug-likeness (QED) is 0.262. The molecule has 3 rings (SSSR count). The van der Waals surface area contributed by atoms with Gasteiger partial charge in [-0.1, -0.05) is 30.3 Å². The third-order valence-corrected chi connectivity index (χ3v) is 4.38. The maximum absolute atomic E-state index is 5.80. The van der Waals surface area contributed by atoms with Crippen LogP contribution in [0.5, 0.6) is 5.88 Å². The van der Waals surface area contributed by atoms with Crippen LogP contribution in [0.3, 0.4) is 0 Å². The second kappa shape index (κ2) is 13.1. The Bertz CT molecular complexity index is 898. The van der Waals surface area contributed by atoms with E-state index in [1.54, 1.807) is 12.5 Å². The van der Waals surface area contributed by atoms with Crippen LogP contribution >= 0.6 is 0 Å². The zero-order valence-corrected chi connectivity index (χ0v) is 17.9. The van der Waals surface area contributed by atoms with Crippen molar-refractivity contribution in [2.45, 2.75) is 33.1 Å². The van der Waals surface area contributed by atoms with Gasteiger partial charge < -0.3 is 24.5 Å². The van der Waals surface area contributed by atoms with Crippen LogP contribution in [0.15, 0.2) is 76.5 Å². The predicted molar refractivity (Wildman–Crippen MR) is 121 cm³/mol. The molecule has 2 heterocycles. The summed E-state index contributed by atoms with van der Waals surface area (Å²) in [4.78, 5) is 8.95. The molecule has 0 aliphatic carbocycles. The van der Waals surface area contributed by atoms with Crippen LogP contribution in [0.1, 0.15) is 30.2 Å².